The molecule has 2 aromatic rings. The maximum absolute atomic E-state index is 5.84. The molecule has 0 fully saturated rings. The van der Waals surface area contributed by atoms with E-state index in [2.05, 4.69) is 15.1 Å². The van der Waals surface area contributed by atoms with Crippen LogP contribution >= 0.6 is 23.2 Å². The number of alkyl halides is 1. The lowest BCUT2D eigenvalue weighted by atomic mass is 10.3. The van der Waals surface area contributed by atoms with Gasteiger partial charge in [-0.2, -0.15) is 4.98 Å². The van der Waals surface area contributed by atoms with E-state index in [0.29, 0.717) is 22.4 Å². The Morgan fingerprint density at radius 2 is 2.29 bits per heavy atom. The van der Waals surface area contributed by atoms with Crippen molar-refractivity contribution in [1.82, 2.24) is 15.1 Å². The normalized spacial score (nSPS) is 10.4. The largest absolute Gasteiger partial charge is 0.334 e. The van der Waals surface area contributed by atoms with Crippen molar-refractivity contribution in [2.45, 2.75) is 5.88 Å². The van der Waals surface area contributed by atoms with Crippen LogP contribution in [0.4, 0.5) is 0 Å². The van der Waals surface area contributed by atoms with Gasteiger partial charge in [0.15, 0.2) is 5.82 Å². The molecule has 2 heterocycles. The lowest BCUT2D eigenvalue weighted by molar-refractivity contribution is 0.425. The quantitative estimate of drug-likeness (QED) is 0.587. The molecule has 14 heavy (non-hydrogen) atoms. The van der Waals surface area contributed by atoms with Crippen molar-refractivity contribution in [3.8, 4) is 11.5 Å². The summed E-state index contributed by atoms with van der Waals surface area (Å²) in [6.45, 7) is 0. The summed E-state index contributed by atoms with van der Waals surface area (Å²) in [6.07, 6.45) is 1.59. The van der Waals surface area contributed by atoms with Gasteiger partial charge in [0.2, 0.25) is 0 Å². The van der Waals surface area contributed by atoms with E-state index in [4.69, 9.17) is 27.7 Å². The molecular weight excluding hydrogens is 225 g/mol. The molecule has 0 aromatic carbocycles. The topological polar surface area (TPSA) is 51.8 Å². The molecule has 0 saturated heterocycles. The highest BCUT2D eigenvalue weighted by Crippen LogP contribution is 2.23. The van der Waals surface area contributed by atoms with Crippen molar-refractivity contribution < 1.29 is 4.52 Å². The fourth-order valence-corrected chi connectivity index (χ4v) is 1.27. The molecule has 0 bridgehead atoms. The number of hydrogen-bond donors (Lipinski definition) is 0. The van der Waals surface area contributed by atoms with Crippen LogP contribution in [0.1, 0.15) is 5.82 Å². The first-order valence-electron chi connectivity index (χ1n) is 3.80. The number of halogens is 2. The highest BCUT2D eigenvalue weighted by Gasteiger charge is 2.11. The van der Waals surface area contributed by atoms with Crippen LogP contribution in [0.2, 0.25) is 5.15 Å². The Balaban J connectivity index is 2.44. The van der Waals surface area contributed by atoms with Gasteiger partial charge in [0.25, 0.3) is 5.89 Å². The van der Waals surface area contributed by atoms with Gasteiger partial charge in [-0.25, -0.2) is 4.98 Å². The SMILES string of the molecule is ClCc1noc(-c2cccnc2Cl)n1. The molecule has 0 aliphatic heterocycles. The Hall–Kier alpha value is -1.13. The lowest BCUT2D eigenvalue weighted by Crippen LogP contribution is -1.83. The van der Waals surface area contributed by atoms with E-state index in [0.717, 1.165) is 0 Å². The van der Waals surface area contributed by atoms with Crippen molar-refractivity contribution in [2.75, 3.05) is 0 Å². The van der Waals surface area contributed by atoms with Crippen molar-refractivity contribution in [2.24, 2.45) is 0 Å². The molecule has 0 aliphatic rings. The molecular formula is C8H5Cl2N3O. The number of nitrogens with zero attached hydrogens (tertiary/aromatic N) is 3. The van der Waals surface area contributed by atoms with E-state index < -0.39 is 0 Å². The predicted molar refractivity (Wildman–Crippen MR) is 52.1 cm³/mol. The number of rotatable bonds is 2. The van der Waals surface area contributed by atoms with Gasteiger partial charge in [-0.15, -0.1) is 11.6 Å². The third-order valence-electron chi connectivity index (χ3n) is 1.58. The van der Waals surface area contributed by atoms with Gasteiger partial charge >= 0.3 is 0 Å². The lowest BCUT2D eigenvalue weighted by Gasteiger charge is -1.94. The van der Waals surface area contributed by atoms with Crippen LogP contribution in [0.3, 0.4) is 0 Å². The van der Waals surface area contributed by atoms with Crippen molar-refractivity contribution in [1.29, 1.82) is 0 Å². The standard InChI is InChI=1S/C8H5Cl2N3O/c9-4-6-12-8(14-13-6)5-2-1-3-11-7(5)10/h1-3H,4H2. The second-order valence-electron chi connectivity index (χ2n) is 2.49. The van der Waals surface area contributed by atoms with Crippen LogP contribution in [0.5, 0.6) is 0 Å². The van der Waals surface area contributed by atoms with Crippen molar-refractivity contribution in [3.63, 3.8) is 0 Å². The third-order valence-corrected chi connectivity index (χ3v) is 2.12. The summed E-state index contributed by atoms with van der Waals surface area (Å²) in [5.41, 5.74) is 0.609. The molecule has 0 amide bonds. The summed E-state index contributed by atoms with van der Waals surface area (Å²) in [4.78, 5) is 7.92. The molecule has 2 rings (SSSR count). The van der Waals surface area contributed by atoms with E-state index in [1.54, 1.807) is 18.3 Å². The summed E-state index contributed by atoms with van der Waals surface area (Å²) >= 11 is 11.4. The molecule has 0 unspecified atom stereocenters. The summed E-state index contributed by atoms with van der Waals surface area (Å²) in [5.74, 6) is 0.974. The molecule has 0 saturated carbocycles. The van der Waals surface area contributed by atoms with E-state index in [-0.39, 0.29) is 5.88 Å². The molecule has 0 atom stereocenters. The minimum absolute atomic E-state index is 0.210. The van der Waals surface area contributed by atoms with Gasteiger partial charge in [-0.05, 0) is 12.1 Å². The van der Waals surface area contributed by atoms with Crippen molar-refractivity contribution in [3.05, 3.63) is 29.3 Å². The minimum atomic E-state index is 0.210. The van der Waals surface area contributed by atoms with E-state index in [1.165, 1.54) is 0 Å². The molecule has 4 nitrogen and oxygen atoms in total. The van der Waals surface area contributed by atoms with Crippen LogP contribution in [-0.2, 0) is 5.88 Å². The summed E-state index contributed by atoms with van der Waals surface area (Å²) in [7, 11) is 0. The second-order valence-corrected chi connectivity index (χ2v) is 3.12. The van der Waals surface area contributed by atoms with Crippen LogP contribution in [0.15, 0.2) is 22.9 Å². The van der Waals surface area contributed by atoms with Gasteiger partial charge in [-0.3, -0.25) is 0 Å². The highest BCUT2D eigenvalue weighted by atomic mass is 35.5. The fraction of sp³-hybridized carbons (Fsp3) is 0.125. The number of pyridine rings is 1. The molecule has 2 aromatic heterocycles. The molecule has 6 heteroatoms. The van der Waals surface area contributed by atoms with Gasteiger partial charge in [-0.1, -0.05) is 16.8 Å². The van der Waals surface area contributed by atoms with Gasteiger partial charge in [0, 0.05) is 6.20 Å². The number of aromatic nitrogens is 3. The van der Waals surface area contributed by atoms with Crippen molar-refractivity contribution >= 4 is 23.2 Å². The average molecular weight is 230 g/mol. The maximum Gasteiger partial charge on any atom is 0.261 e. The maximum atomic E-state index is 5.84. The molecule has 0 radical (unpaired) electrons. The molecule has 0 N–H and O–H groups in total. The van der Waals surface area contributed by atoms with E-state index >= 15 is 0 Å². The Kier molecular flexibility index (Phi) is 2.65. The van der Waals surface area contributed by atoms with E-state index in [1.807, 2.05) is 0 Å². The first-order valence-corrected chi connectivity index (χ1v) is 4.72. The van der Waals surface area contributed by atoms with Crippen LogP contribution in [-0.4, -0.2) is 15.1 Å². The third kappa shape index (κ3) is 1.71. The smallest absolute Gasteiger partial charge is 0.261 e. The number of hydrogen-bond acceptors (Lipinski definition) is 4. The first kappa shape index (κ1) is 9.43. The predicted octanol–water partition coefficient (Wildman–Crippen LogP) is 2.52. The molecule has 0 aliphatic carbocycles. The Morgan fingerprint density at radius 3 is 2.93 bits per heavy atom. The zero-order chi connectivity index (χ0) is 9.97. The average Bonchev–Trinajstić information content (AvgIpc) is 2.67. The van der Waals surface area contributed by atoms with Gasteiger partial charge in [0.1, 0.15) is 5.15 Å². The van der Waals surface area contributed by atoms with Crippen LogP contribution in [0.25, 0.3) is 11.5 Å². The molecule has 0 spiro atoms. The highest BCUT2D eigenvalue weighted by molar-refractivity contribution is 6.31. The summed E-state index contributed by atoms with van der Waals surface area (Å²) in [5, 5.41) is 3.98. The Morgan fingerprint density at radius 1 is 1.43 bits per heavy atom. The zero-order valence-corrected chi connectivity index (χ0v) is 8.46. The Bertz CT molecular complexity index is 444. The Labute approximate surface area is 89.9 Å². The summed E-state index contributed by atoms with van der Waals surface area (Å²) in [6, 6.07) is 3.49. The molecule has 72 valence electrons. The van der Waals surface area contributed by atoms with E-state index in [9.17, 15) is 0 Å². The monoisotopic (exact) mass is 229 g/mol. The zero-order valence-electron chi connectivity index (χ0n) is 6.94. The van der Waals surface area contributed by atoms with Gasteiger partial charge in [0.05, 0.1) is 11.4 Å². The van der Waals surface area contributed by atoms with Crippen LogP contribution in [0, 0.1) is 0 Å². The van der Waals surface area contributed by atoms with Crippen LogP contribution < -0.4 is 0 Å². The fourth-order valence-electron chi connectivity index (χ4n) is 0.963. The van der Waals surface area contributed by atoms with Gasteiger partial charge < -0.3 is 4.52 Å². The first-order chi connectivity index (χ1) is 6.81. The second kappa shape index (κ2) is 3.94. The summed E-state index contributed by atoms with van der Waals surface area (Å²) < 4.78 is 4.95. The minimum Gasteiger partial charge on any atom is -0.334 e.